The van der Waals surface area contributed by atoms with Crippen LogP contribution < -0.4 is 0 Å². The number of ether oxygens (including phenoxy) is 1. The summed E-state index contributed by atoms with van der Waals surface area (Å²) in [4.78, 5) is 4.88. The van der Waals surface area contributed by atoms with Crippen LogP contribution >= 0.6 is 0 Å². The predicted octanol–water partition coefficient (Wildman–Crippen LogP) is 2.08. The second kappa shape index (κ2) is 5.89. The average Bonchev–Trinajstić information content (AvgIpc) is 2.32. The molecule has 2 aliphatic rings. The van der Waals surface area contributed by atoms with E-state index in [1.54, 1.807) is 0 Å². The number of hydrogen-bond acceptors (Lipinski definition) is 3. The standard InChI is InChI=1S/C15H25N2O/c1-15(2,18-14-7-5-4-6-8-14)13-17-11-9-16(3)10-12-17/h4-5,7-8H,6,9-13H2,1-3H3. The summed E-state index contributed by atoms with van der Waals surface area (Å²) in [5.74, 6) is 1.01. The van der Waals surface area contributed by atoms with Crippen LogP contribution in [-0.2, 0) is 4.74 Å². The van der Waals surface area contributed by atoms with Crippen molar-refractivity contribution < 1.29 is 4.74 Å². The van der Waals surface area contributed by atoms with E-state index < -0.39 is 0 Å². The maximum atomic E-state index is 6.11. The molecule has 3 nitrogen and oxygen atoms in total. The second-order valence-electron chi connectivity index (χ2n) is 5.88. The quantitative estimate of drug-likeness (QED) is 0.758. The fraction of sp³-hybridized carbons (Fsp3) is 0.667. The van der Waals surface area contributed by atoms with Crippen LogP contribution in [0, 0.1) is 6.42 Å². The van der Waals surface area contributed by atoms with Crippen LogP contribution in [0.4, 0.5) is 0 Å². The van der Waals surface area contributed by atoms with Crippen LogP contribution in [0.15, 0.2) is 24.0 Å². The Balaban J connectivity index is 1.83. The molecule has 0 N–H and O–H groups in total. The lowest BCUT2D eigenvalue weighted by Gasteiger charge is -2.38. The van der Waals surface area contributed by atoms with Crippen LogP contribution in [-0.4, -0.2) is 55.2 Å². The van der Waals surface area contributed by atoms with E-state index in [9.17, 15) is 0 Å². The average molecular weight is 249 g/mol. The first-order chi connectivity index (χ1) is 8.55. The highest BCUT2D eigenvalue weighted by molar-refractivity contribution is 5.22. The zero-order chi connectivity index (χ0) is 13.0. The fourth-order valence-corrected chi connectivity index (χ4v) is 2.47. The van der Waals surface area contributed by atoms with E-state index in [1.165, 1.54) is 0 Å². The summed E-state index contributed by atoms with van der Waals surface area (Å²) in [6.07, 6.45) is 9.39. The third-order valence-corrected chi connectivity index (χ3v) is 3.45. The van der Waals surface area contributed by atoms with Gasteiger partial charge in [0.15, 0.2) is 0 Å². The number of hydrogen-bond donors (Lipinski definition) is 0. The van der Waals surface area contributed by atoms with Gasteiger partial charge in [0, 0.05) is 32.7 Å². The molecule has 18 heavy (non-hydrogen) atoms. The molecule has 0 saturated carbocycles. The third kappa shape index (κ3) is 4.14. The van der Waals surface area contributed by atoms with Gasteiger partial charge in [-0.15, -0.1) is 0 Å². The number of rotatable bonds is 4. The Hall–Kier alpha value is -0.800. The van der Waals surface area contributed by atoms with Crippen LogP contribution in [0.25, 0.3) is 0 Å². The first kappa shape index (κ1) is 13.6. The molecule has 101 valence electrons. The first-order valence-electron chi connectivity index (χ1n) is 6.85. The van der Waals surface area contributed by atoms with E-state index >= 15 is 0 Å². The van der Waals surface area contributed by atoms with Crippen molar-refractivity contribution >= 4 is 0 Å². The van der Waals surface area contributed by atoms with Gasteiger partial charge in [-0.2, -0.15) is 0 Å². The molecule has 0 aromatic heterocycles. The maximum absolute atomic E-state index is 6.11. The van der Waals surface area contributed by atoms with Crippen molar-refractivity contribution in [3.8, 4) is 0 Å². The lowest BCUT2D eigenvalue weighted by atomic mass is 10.1. The van der Waals surface area contributed by atoms with Crippen molar-refractivity contribution in [3.63, 3.8) is 0 Å². The Morgan fingerprint density at radius 3 is 2.56 bits per heavy atom. The minimum Gasteiger partial charge on any atom is -0.487 e. The highest BCUT2D eigenvalue weighted by Crippen LogP contribution is 2.20. The first-order valence-corrected chi connectivity index (χ1v) is 6.85. The molecular weight excluding hydrogens is 224 g/mol. The lowest BCUT2D eigenvalue weighted by Crippen LogP contribution is -2.49. The van der Waals surface area contributed by atoms with Gasteiger partial charge >= 0.3 is 0 Å². The molecule has 1 radical (unpaired) electrons. The van der Waals surface area contributed by atoms with E-state index in [-0.39, 0.29) is 5.60 Å². The van der Waals surface area contributed by atoms with Gasteiger partial charge in [-0.1, -0.05) is 6.08 Å². The Morgan fingerprint density at radius 2 is 1.94 bits per heavy atom. The van der Waals surface area contributed by atoms with Gasteiger partial charge in [0.1, 0.15) is 11.4 Å². The maximum Gasteiger partial charge on any atom is 0.116 e. The third-order valence-electron chi connectivity index (χ3n) is 3.45. The van der Waals surface area contributed by atoms with Crippen LogP contribution in [0.2, 0.25) is 0 Å². The Bertz CT molecular complexity index is 325. The predicted molar refractivity (Wildman–Crippen MR) is 75.2 cm³/mol. The van der Waals surface area contributed by atoms with Crippen LogP contribution in [0.1, 0.15) is 20.3 Å². The van der Waals surface area contributed by atoms with Gasteiger partial charge < -0.3 is 9.64 Å². The number of piperazine rings is 1. The van der Waals surface area contributed by atoms with Gasteiger partial charge in [0.2, 0.25) is 0 Å². The number of nitrogens with zero attached hydrogens (tertiary/aromatic N) is 2. The summed E-state index contributed by atoms with van der Waals surface area (Å²) in [6, 6.07) is 0. The number of allylic oxidation sites excluding steroid dienone is 3. The highest BCUT2D eigenvalue weighted by atomic mass is 16.5. The molecule has 0 bridgehead atoms. The smallest absolute Gasteiger partial charge is 0.116 e. The van der Waals surface area contributed by atoms with Gasteiger partial charge in [0.05, 0.1) is 0 Å². The van der Waals surface area contributed by atoms with E-state index in [1.807, 2.05) is 0 Å². The van der Waals surface area contributed by atoms with Gasteiger partial charge in [0.25, 0.3) is 0 Å². The van der Waals surface area contributed by atoms with E-state index in [0.29, 0.717) is 0 Å². The summed E-state index contributed by atoms with van der Waals surface area (Å²) in [6.45, 7) is 9.96. The Kier molecular flexibility index (Phi) is 4.46. The van der Waals surface area contributed by atoms with Crippen LogP contribution in [0.3, 0.4) is 0 Å². The molecule has 0 amide bonds. The summed E-state index contributed by atoms with van der Waals surface area (Å²) < 4.78 is 6.11. The molecule has 0 unspecified atom stereocenters. The SMILES string of the molecule is CN1CCN(CC(C)(C)OC2=CC[CH]C=C2)CC1. The van der Waals surface area contributed by atoms with Gasteiger partial charge in [-0.05, 0) is 45.9 Å². The van der Waals surface area contributed by atoms with E-state index in [0.717, 1.165) is 44.9 Å². The minimum absolute atomic E-state index is 0.122. The lowest BCUT2D eigenvalue weighted by molar-refractivity contribution is -0.00284. The molecule has 0 aromatic carbocycles. The van der Waals surface area contributed by atoms with E-state index in [4.69, 9.17) is 4.74 Å². The summed E-state index contributed by atoms with van der Waals surface area (Å²) >= 11 is 0. The van der Waals surface area contributed by atoms with E-state index in [2.05, 4.69) is 55.3 Å². The van der Waals surface area contributed by atoms with Gasteiger partial charge in [-0.3, -0.25) is 4.90 Å². The normalized spacial score (nSPS) is 22.9. The van der Waals surface area contributed by atoms with Crippen molar-refractivity contribution in [1.29, 1.82) is 0 Å². The van der Waals surface area contributed by atoms with Gasteiger partial charge in [-0.25, -0.2) is 0 Å². The topological polar surface area (TPSA) is 15.7 Å². The molecule has 1 heterocycles. The molecule has 0 atom stereocenters. The van der Waals surface area contributed by atoms with Crippen molar-refractivity contribution in [2.45, 2.75) is 25.9 Å². The molecule has 2 rings (SSSR count). The molecule has 3 heteroatoms. The summed E-state index contributed by atoms with van der Waals surface area (Å²) in [7, 11) is 2.19. The van der Waals surface area contributed by atoms with Crippen molar-refractivity contribution in [3.05, 3.63) is 30.4 Å². The molecule has 0 spiro atoms. The van der Waals surface area contributed by atoms with Crippen molar-refractivity contribution in [2.24, 2.45) is 0 Å². The monoisotopic (exact) mass is 249 g/mol. The molecular formula is C15H25N2O. The molecule has 1 aliphatic heterocycles. The zero-order valence-electron chi connectivity index (χ0n) is 11.9. The number of likely N-dealkylation sites (N-methyl/N-ethyl adjacent to an activating group) is 1. The fourth-order valence-electron chi connectivity index (χ4n) is 2.47. The van der Waals surface area contributed by atoms with Crippen molar-refractivity contribution in [2.75, 3.05) is 39.8 Å². The zero-order valence-corrected chi connectivity index (χ0v) is 11.9. The summed E-state index contributed by atoms with van der Waals surface area (Å²) in [5, 5.41) is 0. The molecule has 1 aliphatic carbocycles. The summed E-state index contributed by atoms with van der Waals surface area (Å²) in [5.41, 5.74) is -0.122. The molecule has 1 fully saturated rings. The van der Waals surface area contributed by atoms with Crippen molar-refractivity contribution in [1.82, 2.24) is 9.80 Å². The Labute approximate surface area is 111 Å². The highest BCUT2D eigenvalue weighted by Gasteiger charge is 2.26. The largest absolute Gasteiger partial charge is 0.487 e. The molecule has 0 aromatic rings. The minimum atomic E-state index is -0.122. The Morgan fingerprint density at radius 1 is 1.22 bits per heavy atom. The molecule has 1 saturated heterocycles. The second-order valence-corrected chi connectivity index (χ2v) is 5.88. The van der Waals surface area contributed by atoms with Crippen LogP contribution in [0.5, 0.6) is 0 Å².